The number of ether oxygens (including phenoxy) is 1. The van der Waals surface area contributed by atoms with Gasteiger partial charge in [-0.25, -0.2) is 4.39 Å². The molecule has 6 nitrogen and oxygen atoms in total. The van der Waals surface area contributed by atoms with Crippen molar-refractivity contribution in [2.45, 2.75) is 77.0 Å². The summed E-state index contributed by atoms with van der Waals surface area (Å²) in [5, 5.41) is 2.28. The van der Waals surface area contributed by atoms with Crippen LogP contribution in [0.4, 0.5) is 4.39 Å². The van der Waals surface area contributed by atoms with Crippen LogP contribution in [0.15, 0.2) is 84.9 Å². The van der Waals surface area contributed by atoms with E-state index in [0.717, 1.165) is 43.2 Å². The molecule has 0 bridgehead atoms. The van der Waals surface area contributed by atoms with Crippen molar-refractivity contribution in [2.24, 2.45) is 0 Å². The highest BCUT2D eigenvalue weighted by Gasteiger charge is 2.21. The van der Waals surface area contributed by atoms with Crippen molar-refractivity contribution < 1.29 is 28.3 Å². The third kappa shape index (κ3) is 11.4. The zero-order valence-electron chi connectivity index (χ0n) is 25.6. The average molecular weight is 610 g/mol. The van der Waals surface area contributed by atoms with E-state index in [4.69, 9.17) is 4.74 Å². The van der Waals surface area contributed by atoms with E-state index >= 15 is 0 Å². The van der Waals surface area contributed by atoms with Gasteiger partial charge in [-0.15, -0.1) is 0 Å². The maximum atomic E-state index is 13.0. The molecule has 1 aliphatic heterocycles. The van der Waals surface area contributed by atoms with E-state index in [1.165, 1.54) is 80.5 Å². The number of allylic oxidation sites excluding steroid dienone is 1. The molecular weight excluding hydrogens is 569 g/mol. The molecular formula is C38H40FNO5. The molecule has 0 aromatic heterocycles. The Morgan fingerprint density at radius 1 is 0.711 bits per heavy atom. The molecule has 45 heavy (non-hydrogen) atoms. The molecule has 0 atom stereocenters. The van der Waals surface area contributed by atoms with Crippen molar-refractivity contribution in [1.82, 2.24) is 5.32 Å². The lowest BCUT2D eigenvalue weighted by Crippen LogP contribution is -2.21. The van der Waals surface area contributed by atoms with E-state index < -0.39 is 0 Å². The van der Waals surface area contributed by atoms with Crippen LogP contribution >= 0.6 is 0 Å². The molecule has 0 aliphatic carbocycles. The lowest BCUT2D eigenvalue weighted by atomic mass is 10.0. The highest BCUT2D eigenvalue weighted by Crippen LogP contribution is 2.20. The molecule has 0 fully saturated rings. The minimum absolute atomic E-state index is 0.213. The predicted octanol–water partition coefficient (Wildman–Crippen LogP) is 8.20. The lowest BCUT2D eigenvalue weighted by Gasteiger charge is -2.06. The first kappa shape index (κ1) is 33.2. The number of hydrogen-bond donors (Lipinski definition) is 1. The van der Waals surface area contributed by atoms with Gasteiger partial charge in [0.25, 0.3) is 11.8 Å². The largest absolute Gasteiger partial charge is 0.427 e. The lowest BCUT2D eigenvalue weighted by molar-refractivity contribution is -0.134. The molecule has 0 saturated heterocycles. The standard InChI is InChI=1S/C38H40FNO5/c39-32-22-20-31(21-23-32)35(41)26-17-29-15-24-33(25-16-29)45-37(43)12-10-8-6-4-2-1-3-5-7-9-11-28-13-18-30(19-14-28)34-27-36(42)40-38(34)44/h13-27H,1-12H2,(H,40,42,44). The second-order valence-corrected chi connectivity index (χ2v) is 11.4. The number of aryl methyl sites for hydroxylation is 1. The van der Waals surface area contributed by atoms with Gasteiger partial charge in [0.15, 0.2) is 5.78 Å². The molecule has 234 valence electrons. The summed E-state index contributed by atoms with van der Waals surface area (Å²) in [6, 6.07) is 20.3. The summed E-state index contributed by atoms with van der Waals surface area (Å²) in [5.41, 5.74) is 3.66. The van der Waals surface area contributed by atoms with Crippen LogP contribution in [0.3, 0.4) is 0 Å². The number of amides is 2. The van der Waals surface area contributed by atoms with Gasteiger partial charge in [0.1, 0.15) is 11.6 Å². The summed E-state index contributed by atoms with van der Waals surface area (Å²) in [7, 11) is 0. The fourth-order valence-electron chi connectivity index (χ4n) is 5.20. The number of hydrogen-bond acceptors (Lipinski definition) is 5. The number of esters is 1. The number of carbonyl (C=O) groups is 4. The summed E-state index contributed by atoms with van der Waals surface area (Å²) < 4.78 is 18.5. The molecule has 1 aliphatic rings. The molecule has 3 aromatic carbocycles. The number of benzene rings is 3. The summed E-state index contributed by atoms with van der Waals surface area (Å²) in [5.74, 6) is -1.05. The number of rotatable bonds is 18. The Balaban J connectivity index is 0.976. The van der Waals surface area contributed by atoms with Crippen molar-refractivity contribution in [3.63, 3.8) is 0 Å². The van der Waals surface area contributed by atoms with Gasteiger partial charge in [-0.1, -0.05) is 93.8 Å². The molecule has 1 heterocycles. The van der Waals surface area contributed by atoms with Crippen LogP contribution in [-0.2, 0) is 20.8 Å². The first-order chi connectivity index (χ1) is 21.9. The zero-order chi connectivity index (χ0) is 31.9. The third-order valence-electron chi connectivity index (χ3n) is 7.79. The molecule has 0 radical (unpaired) electrons. The van der Waals surface area contributed by atoms with E-state index in [1.807, 2.05) is 24.3 Å². The first-order valence-corrected chi connectivity index (χ1v) is 15.8. The molecule has 0 unspecified atom stereocenters. The normalized spacial score (nSPS) is 12.8. The number of ketones is 1. The summed E-state index contributed by atoms with van der Waals surface area (Å²) in [4.78, 5) is 47.5. The third-order valence-corrected chi connectivity index (χ3v) is 7.79. The van der Waals surface area contributed by atoms with E-state index in [2.05, 4.69) is 5.32 Å². The van der Waals surface area contributed by atoms with Crippen molar-refractivity contribution >= 4 is 35.2 Å². The maximum Gasteiger partial charge on any atom is 0.311 e. The summed E-state index contributed by atoms with van der Waals surface area (Å²) >= 11 is 0. The van der Waals surface area contributed by atoms with Crippen LogP contribution in [0, 0.1) is 5.82 Å². The average Bonchev–Trinajstić information content (AvgIpc) is 3.39. The predicted molar refractivity (Wildman–Crippen MR) is 174 cm³/mol. The highest BCUT2D eigenvalue weighted by atomic mass is 19.1. The molecule has 7 heteroatoms. The Morgan fingerprint density at radius 2 is 1.31 bits per heavy atom. The minimum atomic E-state index is -0.384. The van der Waals surface area contributed by atoms with Crippen molar-refractivity contribution in [2.75, 3.05) is 0 Å². The SMILES string of the molecule is O=C1C=C(c2ccc(CCCCCCCCCCCCC(=O)Oc3ccc(C=CC(=O)c4ccc(F)cc4)cc3)cc2)C(=O)N1. The van der Waals surface area contributed by atoms with Gasteiger partial charge in [-0.05, 0) is 78.4 Å². The monoisotopic (exact) mass is 609 g/mol. The molecule has 0 spiro atoms. The van der Waals surface area contributed by atoms with Gasteiger partial charge < -0.3 is 4.74 Å². The van der Waals surface area contributed by atoms with E-state index in [0.29, 0.717) is 23.3 Å². The van der Waals surface area contributed by atoms with E-state index in [-0.39, 0.29) is 29.4 Å². The smallest absolute Gasteiger partial charge is 0.311 e. The van der Waals surface area contributed by atoms with Gasteiger partial charge in [0.05, 0.1) is 5.57 Å². The zero-order valence-corrected chi connectivity index (χ0v) is 25.6. The fraction of sp³-hybridized carbons (Fsp3) is 0.316. The van der Waals surface area contributed by atoms with Crippen LogP contribution in [0.5, 0.6) is 5.75 Å². The van der Waals surface area contributed by atoms with E-state index in [9.17, 15) is 23.6 Å². The Morgan fingerprint density at radius 3 is 1.91 bits per heavy atom. The van der Waals surface area contributed by atoms with Crippen LogP contribution in [0.1, 0.15) is 97.7 Å². The van der Waals surface area contributed by atoms with Crippen LogP contribution in [0.2, 0.25) is 0 Å². The minimum Gasteiger partial charge on any atom is -0.427 e. The Kier molecular flexibility index (Phi) is 13.0. The van der Waals surface area contributed by atoms with Gasteiger partial charge in [-0.2, -0.15) is 0 Å². The van der Waals surface area contributed by atoms with Crippen molar-refractivity contribution in [1.29, 1.82) is 0 Å². The quantitative estimate of drug-likeness (QED) is 0.0392. The van der Waals surface area contributed by atoms with Crippen LogP contribution in [0.25, 0.3) is 11.6 Å². The topological polar surface area (TPSA) is 89.5 Å². The van der Waals surface area contributed by atoms with Gasteiger partial charge in [0, 0.05) is 18.1 Å². The van der Waals surface area contributed by atoms with Crippen LogP contribution in [-0.4, -0.2) is 23.6 Å². The Hall–Kier alpha value is -4.65. The first-order valence-electron chi connectivity index (χ1n) is 15.8. The number of halogens is 1. The van der Waals surface area contributed by atoms with Crippen molar-refractivity contribution in [3.05, 3.63) is 113 Å². The molecule has 1 N–H and O–H groups in total. The number of nitrogens with one attached hydrogen (secondary N) is 1. The Bertz CT molecular complexity index is 1510. The van der Waals surface area contributed by atoms with Crippen LogP contribution < -0.4 is 10.1 Å². The van der Waals surface area contributed by atoms with E-state index in [1.54, 1.807) is 30.3 Å². The van der Waals surface area contributed by atoms with Crippen molar-refractivity contribution in [3.8, 4) is 5.75 Å². The van der Waals surface area contributed by atoms with Gasteiger partial charge >= 0.3 is 5.97 Å². The maximum absolute atomic E-state index is 13.0. The van der Waals surface area contributed by atoms with Gasteiger partial charge in [-0.3, -0.25) is 24.5 Å². The number of imide groups is 1. The molecule has 4 rings (SSSR count). The summed E-state index contributed by atoms with van der Waals surface area (Å²) in [6.45, 7) is 0. The Labute approximate surface area is 264 Å². The molecule has 2 amide bonds. The second kappa shape index (κ2) is 17.6. The second-order valence-electron chi connectivity index (χ2n) is 11.4. The van der Waals surface area contributed by atoms with Gasteiger partial charge in [0.2, 0.25) is 0 Å². The summed E-state index contributed by atoms with van der Waals surface area (Å²) in [6.07, 6.45) is 17.2. The molecule has 0 saturated carbocycles. The fourth-order valence-corrected chi connectivity index (χ4v) is 5.20. The number of carbonyl (C=O) groups excluding carboxylic acids is 4. The molecule has 3 aromatic rings. The number of unbranched alkanes of at least 4 members (excludes halogenated alkanes) is 9. The highest BCUT2D eigenvalue weighted by molar-refractivity contribution is 6.33.